The Morgan fingerprint density at radius 2 is 1.52 bits per heavy atom. The second kappa shape index (κ2) is 22.9. The molecule has 64 heavy (non-hydrogen) atoms. The monoisotopic (exact) mass is 887 g/mol. The van der Waals surface area contributed by atoms with Gasteiger partial charge in [0.05, 0.1) is 25.4 Å². The number of halogens is 2. The number of nitrogens with zero attached hydrogens (tertiary/aromatic N) is 3. The molecule has 2 heterocycles. The summed E-state index contributed by atoms with van der Waals surface area (Å²) in [5.41, 5.74) is 6.96. The molecule has 0 spiro atoms. The van der Waals surface area contributed by atoms with Gasteiger partial charge in [-0.3, -0.25) is 38.5 Å². The summed E-state index contributed by atoms with van der Waals surface area (Å²) in [7, 11) is 1.31. The summed E-state index contributed by atoms with van der Waals surface area (Å²) < 4.78 is 31.4. The highest BCUT2D eigenvalue weighted by Crippen LogP contribution is 2.41. The van der Waals surface area contributed by atoms with Crippen molar-refractivity contribution in [2.45, 2.75) is 77.7 Å². The van der Waals surface area contributed by atoms with Crippen molar-refractivity contribution in [3.8, 4) is 11.1 Å². The number of pyridine rings is 1. The van der Waals surface area contributed by atoms with Gasteiger partial charge < -0.3 is 46.9 Å². The normalized spacial score (nSPS) is 13.1. The topological polar surface area (TPSA) is 247 Å². The van der Waals surface area contributed by atoms with E-state index < -0.39 is 102 Å². The minimum atomic E-state index is -1.61. The Labute approximate surface area is 369 Å². The molecule has 2 aromatic heterocycles. The minimum Gasteiger partial charge on any atom is -0.387 e. The Morgan fingerprint density at radius 1 is 0.844 bits per heavy atom. The minimum absolute atomic E-state index is 0.0101. The highest BCUT2D eigenvalue weighted by atomic mass is 19.1. The summed E-state index contributed by atoms with van der Waals surface area (Å²) in [4.78, 5) is 96.1. The molecule has 4 unspecified atom stereocenters. The molecule has 0 aliphatic carbocycles. The highest BCUT2D eigenvalue weighted by molar-refractivity contribution is 5.96. The van der Waals surface area contributed by atoms with Crippen molar-refractivity contribution in [1.29, 1.82) is 0 Å². The molecule has 0 saturated carbocycles. The van der Waals surface area contributed by atoms with E-state index in [9.17, 15) is 43.1 Å². The maximum Gasteiger partial charge on any atom is 0.248 e. The standard InChI is InChI=1S/C45H55F2N9O8/c1-27(52-39(60)23-51-38(59)19-28-13-16-50-17-14-28)42(62)54-35(22-37(48)58)44(64)53-34(43(63)49-5)15-18-56(40(61)26-57)41(45(2,3)4)36-20-30(32-21-31(46)11-12-33(32)47)25-55(36)24-29-9-7-6-8-10-29/h6-14,16-17,20-21,25,27,34-35,41,57H,15,18-19,22-24,26H2,1-5H3,(H2,48,58)(H,49,63)(H,51,59)(H,52,60)(H,53,64)(H,54,62). The quantitative estimate of drug-likeness (QED) is 0.0642. The van der Waals surface area contributed by atoms with Crippen LogP contribution < -0.4 is 32.3 Å². The Morgan fingerprint density at radius 3 is 2.14 bits per heavy atom. The van der Waals surface area contributed by atoms with Crippen molar-refractivity contribution in [2.75, 3.05) is 26.7 Å². The van der Waals surface area contributed by atoms with E-state index in [1.165, 1.54) is 31.3 Å². The summed E-state index contributed by atoms with van der Waals surface area (Å²) in [6.07, 6.45) is 3.74. The summed E-state index contributed by atoms with van der Waals surface area (Å²) in [5, 5.41) is 22.5. The summed E-state index contributed by atoms with van der Waals surface area (Å²) >= 11 is 0. The maximum atomic E-state index is 15.2. The van der Waals surface area contributed by atoms with Gasteiger partial charge in [0, 0.05) is 55.5 Å². The molecular weight excluding hydrogens is 833 g/mol. The lowest BCUT2D eigenvalue weighted by molar-refractivity contribution is -0.140. The first-order valence-electron chi connectivity index (χ1n) is 20.5. The molecule has 7 amide bonds. The number of likely N-dealkylation sites (N-methyl/N-ethyl adjacent to an activating group) is 1. The largest absolute Gasteiger partial charge is 0.387 e. The fourth-order valence-electron chi connectivity index (χ4n) is 7.08. The number of primary amides is 1. The molecule has 19 heteroatoms. The van der Waals surface area contributed by atoms with Gasteiger partial charge in [0.25, 0.3) is 0 Å². The maximum absolute atomic E-state index is 15.2. The second-order valence-corrected chi connectivity index (χ2v) is 16.2. The zero-order chi connectivity index (χ0) is 47.1. The van der Waals surface area contributed by atoms with E-state index in [0.717, 1.165) is 23.8 Å². The van der Waals surface area contributed by atoms with Crippen molar-refractivity contribution in [2.24, 2.45) is 11.1 Å². The summed E-state index contributed by atoms with van der Waals surface area (Å²) in [6, 6.07) is 12.2. The van der Waals surface area contributed by atoms with Crippen LogP contribution in [-0.4, -0.2) is 106 Å². The number of carbonyl (C=O) groups excluding carboxylic acids is 7. The van der Waals surface area contributed by atoms with E-state index in [4.69, 9.17) is 5.73 Å². The molecule has 0 saturated heterocycles. The van der Waals surface area contributed by atoms with Crippen LogP contribution in [0.4, 0.5) is 8.78 Å². The molecule has 342 valence electrons. The number of carbonyl (C=O) groups is 7. The SMILES string of the molecule is CNC(=O)C(CCN(C(=O)CO)C(c1cc(-c2cc(F)ccc2F)cn1Cc1ccccc1)C(C)(C)C)NC(=O)C(CC(N)=O)NC(=O)C(C)NC(=O)CNC(=O)Cc1ccncc1. The van der Waals surface area contributed by atoms with Crippen molar-refractivity contribution in [3.05, 3.63) is 114 Å². The van der Waals surface area contributed by atoms with E-state index in [-0.39, 0.29) is 31.5 Å². The molecule has 0 bridgehead atoms. The van der Waals surface area contributed by atoms with Crippen molar-refractivity contribution < 1.29 is 47.4 Å². The molecule has 0 aliphatic heterocycles. The van der Waals surface area contributed by atoms with E-state index in [1.54, 1.807) is 29.0 Å². The first-order valence-corrected chi connectivity index (χ1v) is 20.5. The van der Waals surface area contributed by atoms with Crippen molar-refractivity contribution in [3.63, 3.8) is 0 Å². The molecule has 2 aromatic carbocycles. The molecule has 0 aliphatic rings. The number of nitrogens with two attached hydrogens (primary N) is 1. The highest BCUT2D eigenvalue weighted by Gasteiger charge is 2.38. The lowest BCUT2D eigenvalue weighted by Crippen LogP contribution is -2.57. The van der Waals surface area contributed by atoms with Gasteiger partial charge in [0.2, 0.25) is 41.4 Å². The van der Waals surface area contributed by atoms with Crippen LogP contribution in [-0.2, 0) is 46.5 Å². The third kappa shape index (κ3) is 14.3. The molecular formula is C45H55F2N9O8. The number of rotatable bonds is 21. The molecule has 0 fully saturated rings. The average molecular weight is 888 g/mol. The van der Waals surface area contributed by atoms with Gasteiger partial charge in [0.1, 0.15) is 36.4 Å². The number of aliphatic hydroxyl groups is 1. The van der Waals surface area contributed by atoms with Gasteiger partial charge in [-0.25, -0.2) is 8.78 Å². The second-order valence-electron chi connectivity index (χ2n) is 16.2. The Balaban J connectivity index is 1.55. The third-order valence-corrected chi connectivity index (χ3v) is 10.1. The fourth-order valence-corrected chi connectivity index (χ4v) is 7.08. The van der Waals surface area contributed by atoms with E-state index in [2.05, 4.69) is 31.6 Å². The molecule has 4 atom stereocenters. The summed E-state index contributed by atoms with van der Waals surface area (Å²) in [5.74, 6) is -6.81. The Hall–Kier alpha value is -7.02. The molecule has 0 radical (unpaired) electrons. The number of amides is 7. The Bertz CT molecular complexity index is 2290. The number of aliphatic hydroxyl groups excluding tert-OH is 1. The molecule has 17 nitrogen and oxygen atoms in total. The number of aromatic nitrogens is 2. The Kier molecular flexibility index (Phi) is 17.8. The van der Waals surface area contributed by atoms with Crippen LogP contribution in [0.2, 0.25) is 0 Å². The van der Waals surface area contributed by atoms with E-state index >= 15 is 4.39 Å². The van der Waals surface area contributed by atoms with Crippen LogP contribution in [0.5, 0.6) is 0 Å². The lowest BCUT2D eigenvalue weighted by atomic mass is 9.82. The van der Waals surface area contributed by atoms with Crippen molar-refractivity contribution >= 4 is 41.4 Å². The van der Waals surface area contributed by atoms with Gasteiger partial charge in [-0.05, 0) is 66.3 Å². The van der Waals surface area contributed by atoms with Crippen LogP contribution >= 0.6 is 0 Å². The van der Waals surface area contributed by atoms with E-state index in [1.807, 2.05) is 51.1 Å². The first kappa shape index (κ1) is 49.6. The van der Waals surface area contributed by atoms with Gasteiger partial charge in [-0.2, -0.15) is 0 Å². The molecule has 4 rings (SSSR count). The van der Waals surface area contributed by atoms with Gasteiger partial charge in [-0.15, -0.1) is 0 Å². The van der Waals surface area contributed by atoms with Crippen LogP contribution in [0, 0.1) is 17.0 Å². The van der Waals surface area contributed by atoms with Crippen LogP contribution in [0.25, 0.3) is 11.1 Å². The van der Waals surface area contributed by atoms with Gasteiger partial charge >= 0.3 is 0 Å². The smallest absolute Gasteiger partial charge is 0.248 e. The zero-order valence-electron chi connectivity index (χ0n) is 36.3. The predicted molar refractivity (Wildman–Crippen MR) is 231 cm³/mol. The third-order valence-electron chi connectivity index (χ3n) is 10.1. The fraction of sp³-hybridized carbons (Fsp3) is 0.378. The van der Waals surface area contributed by atoms with Crippen LogP contribution in [0.1, 0.15) is 63.4 Å². The van der Waals surface area contributed by atoms with Crippen molar-refractivity contribution in [1.82, 2.24) is 41.0 Å². The predicted octanol–water partition coefficient (Wildman–Crippen LogP) is 1.63. The average Bonchev–Trinajstić information content (AvgIpc) is 3.65. The lowest BCUT2D eigenvalue weighted by Gasteiger charge is -2.41. The zero-order valence-corrected chi connectivity index (χ0v) is 36.3. The number of hydrogen-bond donors (Lipinski definition) is 7. The molecule has 4 aromatic rings. The number of benzene rings is 2. The van der Waals surface area contributed by atoms with Gasteiger partial charge in [0.15, 0.2) is 0 Å². The van der Waals surface area contributed by atoms with Crippen LogP contribution in [0.15, 0.2) is 85.3 Å². The summed E-state index contributed by atoms with van der Waals surface area (Å²) in [6.45, 7) is 5.46. The number of hydrogen-bond acceptors (Lipinski definition) is 9. The van der Waals surface area contributed by atoms with Crippen LogP contribution in [0.3, 0.4) is 0 Å². The molecule has 8 N–H and O–H groups in total. The van der Waals surface area contributed by atoms with E-state index in [0.29, 0.717) is 16.8 Å². The first-order chi connectivity index (χ1) is 30.3. The number of nitrogens with one attached hydrogen (secondary N) is 5. The van der Waals surface area contributed by atoms with Gasteiger partial charge in [-0.1, -0.05) is 51.1 Å².